The van der Waals surface area contributed by atoms with Crippen LogP contribution in [0.15, 0.2) is 170 Å². The van der Waals surface area contributed by atoms with Crippen LogP contribution in [0.3, 0.4) is 0 Å². The van der Waals surface area contributed by atoms with Gasteiger partial charge in [0.05, 0.1) is 0 Å². The van der Waals surface area contributed by atoms with Gasteiger partial charge in [0.1, 0.15) is 0 Å². The van der Waals surface area contributed by atoms with E-state index in [2.05, 4.69) is 184 Å². The molecule has 0 N–H and O–H groups in total. The predicted molar refractivity (Wildman–Crippen MR) is 210 cm³/mol. The Morgan fingerprint density at radius 3 is 1.49 bits per heavy atom. The highest BCUT2D eigenvalue weighted by Crippen LogP contribution is 2.53. The van der Waals surface area contributed by atoms with Gasteiger partial charge in [0, 0.05) is 5.41 Å². The van der Waals surface area contributed by atoms with Crippen molar-refractivity contribution in [3.05, 3.63) is 181 Å². The van der Waals surface area contributed by atoms with Crippen LogP contribution in [0.25, 0.3) is 87.6 Å². The van der Waals surface area contributed by atoms with E-state index in [0.717, 1.165) is 0 Å². The fraction of sp³-hybridized carbons (Fsp3) is 0.0612. The minimum Gasteiger partial charge on any atom is -0.0622 e. The fourth-order valence-electron chi connectivity index (χ4n) is 8.74. The number of fused-ring (bicyclic) bond motifs is 8. The van der Waals surface area contributed by atoms with Crippen molar-refractivity contribution in [2.75, 3.05) is 0 Å². The molecular weight excluding hydrogens is 589 g/mol. The lowest BCUT2D eigenvalue weighted by Gasteiger charge is -2.22. The van der Waals surface area contributed by atoms with Crippen molar-refractivity contribution in [1.29, 1.82) is 0 Å². The van der Waals surface area contributed by atoms with E-state index in [4.69, 9.17) is 0 Å². The van der Waals surface area contributed by atoms with E-state index < -0.39 is 0 Å². The molecular formula is C49H34. The molecule has 9 aromatic carbocycles. The average Bonchev–Trinajstić information content (AvgIpc) is 3.39. The van der Waals surface area contributed by atoms with Gasteiger partial charge in [-0.3, -0.25) is 0 Å². The lowest BCUT2D eigenvalue weighted by atomic mass is 9.81. The second-order valence-electron chi connectivity index (χ2n) is 14.0. The normalized spacial score (nSPS) is 13.3. The topological polar surface area (TPSA) is 0 Å². The minimum atomic E-state index is -0.0617. The van der Waals surface area contributed by atoms with Crippen LogP contribution >= 0.6 is 0 Å². The van der Waals surface area contributed by atoms with Gasteiger partial charge < -0.3 is 0 Å². The van der Waals surface area contributed by atoms with Crippen LogP contribution in [0, 0.1) is 0 Å². The van der Waals surface area contributed by atoms with Crippen LogP contribution in [0.1, 0.15) is 25.0 Å². The van der Waals surface area contributed by atoms with Gasteiger partial charge in [0.15, 0.2) is 0 Å². The third-order valence-corrected chi connectivity index (χ3v) is 11.0. The summed E-state index contributed by atoms with van der Waals surface area (Å²) in [7, 11) is 0. The van der Waals surface area contributed by atoms with E-state index in [-0.39, 0.29) is 5.41 Å². The molecule has 0 saturated heterocycles. The van der Waals surface area contributed by atoms with Crippen molar-refractivity contribution in [3.63, 3.8) is 0 Å². The van der Waals surface area contributed by atoms with Gasteiger partial charge in [-0.25, -0.2) is 0 Å². The Morgan fingerprint density at radius 2 is 0.816 bits per heavy atom. The third-order valence-electron chi connectivity index (χ3n) is 11.0. The van der Waals surface area contributed by atoms with Gasteiger partial charge in [-0.1, -0.05) is 166 Å². The highest BCUT2D eigenvalue weighted by Gasteiger charge is 2.36. The number of benzene rings is 9. The Bertz CT molecular complexity index is 2720. The Balaban J connectivity index is 1.27. The zero-order chi connectivity index (χ0) is 32.7. The number of rotatable bonds is 3. The summed E-state index contributed by atoms with van der Waals surface area (Å²) in [6.07, 6.45) is 0. The minimum absolute atomic E-state index is 0.0617. The molecule has 9 aromatic rings. The molecule has 0 unspecified atom stereocenters. The lowest BCUT2D eigenvalue weighted by Crippen LogP contribution is -2.14. The maximum absolute atomic E-state index is 2.48. The molecule has 0 atom stereocenters. The second kappa shape index (κ2) is 10.5. The Hall–Kier alpha value is -5.98. The summed E-state index contributed by atoms with van der Waals surface area (Å²) in [5, 5.41) is 10.3. The molecule has 0 saturated carbocycles. The summed E-state index contributed by atoms with van der Waals surface area (Å²) in [4.78, 5) is 0. The molecule has 1 aliphatic rings. The maximum Gasteiger partial charge on any atom is 0.0159 e. The van der Waals surface area contributed by atoms with E-state index in [1.165, 1.54) is 98.7 Å². The smallest absolute Gasteiger partial charge is 0.0159 e. The first-order chi connectivity index (χ1) is 24.1. The maximum atomic E-state index is 2.48. The van der Waals surface area contributed by atoms with Gasteiger partial charge >= 0.3 is 0 Å². The lowest BCUT2D eigenvalue weighted by molar-refractivity contribution is 0.661. The first-order valence-corrected chi connectivity index (χ1v) is 17.3. The molecule has 0 bridgehead atoms. The molecule has 0 nitrogen and oxygen atoms in total. The van der Waals surface area contributed by atoms with E-state index in [0.29, 0.717) is 0 Å². The van der Waals surface area contributed by atoms with Gasteiger partial charge in [-0.05, 0) is 117 Å². The molecule has 0 aliphatic heterocycles. The van der Waals surface area contributed by atoms with Crippen LogP contribution in [0.5, 0.6) is 0 Å². The van der Waals surface area contributed by atoms with E-state index in [9.17, 15) is 0 Å². The molecule has 49 heavy (non-hydrogen) atoms. The van der Waals surface area contributed by atoms with Crippen LogP contribution in [0.4, 0.5) is 0 Å². The van der Waals surface area contributed by atoms with E-state index in [1.54, 1.807) is 0 Å². The molecule has 0 fully saturated rings. The van der Waals surface area contributed by atoms with Crippen LogP contribution < -0.4 is 0 Å². The summed E-state index contributed by atoms with van der Waals surface area (Å²) in [5.41, 5.74) is 13.1. The first kappa shape index (κ1) is 28.1. The van der Waals surface area contributed by atoms with Gasteiger partial charge in [-0.15, -0.1) is 0 Å². The summed E-state index contributed by atoms with van der Waals surface area (Å²) in [5.74, 6) is 0. The summed E-state index contributed by atoms with van der Waals surface area (Å²) < 4.78 is 0. The first-order valence-electron chi connectivity index (χ1n) is 17.3. The summed E-state index contributed by atoms with van der Waals surface area (Å²) in [6, 6.07) is 63.2. The standard InChI is InChI=1S/C49H34/c1-49(2)44-26-25-34(29-43(44)48-37-19-9-6-16-32(37)24-27-45(48)49)46-38-20-10-12-22-40(38)47(41-23-13-11-21-39(41)46)35-28-33-17-7-8-18-36(33)42(30-35)31-14-4-3-5-15-31/h3-30H,1-2H3. The third kappa shape index (κ3) is 4.11. The highest BCUT2D eigenvalue weighted by molar-refractivity contribution is 6.22. The van der Waals surface area contributed by atoms with Gasteiger partial charge in [0.2, 0.25) is 0 Å². The molecule has 0 radical (unpaired) electrons. The number of hydrogen-bond acceptors (Lipinski definition) is 0. The SMILES string of the molecule is CC1(C)c2ccc(-c3c4ccccc4c(-c4cc(-c5ccccc5)c5ccccc5c4)c4ccccc34)cc2-c2c1ccc1ccccc21. The Labute approximate surface area is 286 Å². The van der Waals surface area contributed by atoms with E-state index >= 15 is 0 Å². The largest absolute Gasteiger partial charge is 0.0622 e. The molecule has 1 aliphatic carbocycles. The monoisotopic (exact) mass is 622 g/mol. The molecule has 0 amide bonds. The molecule has 0 spiro atoms. The van der Waals surface area contributed by atoms with Crippen molar-refractivity contribution in [2.45, 2.75) is 19.3 Å². The predicted octanol–water partition coefficient (Wildman–Crippen LogP) is 13.6. The van der Waals surface area contributed by atoms with Crippen LogP contribution in [-0.2, 0) is 5.41 Å². The second-order valence-corrected chi connectivity index (χ2v) is 14.0. The molecule has 10 rings (SSSR count). The van der Waals surface area contributed by atoms with Crippen molar-refractivity contribution >= 4 is 43.1 Å². The average molecular weight is 623 g/mol. The Kier molecular flexibility index (Phi) is 6.02. The van der Waals surface area contributed by atoms with Gasteiger partial charge in [0.25, 0.3) is 0 Å². The molecule has 0 heterocycles. The van der Waals surface area contributed by atoms with Crippen LogP contribution in [0.2, 0.25) is 0 Å². The van der Waals surface area contributed by atoms with Crippen molar-refractivity contribution < 1.29 is 0 Å². The summed E-state index contributed by atoms with van der Waals surface area (Å²) >= 11 is 0. The zero-order valence-corrected chi connectivity index (χ0v) is 27.7. The molecule has 0 heteroatoms. The molecule has 230 valence electrons. The highest BCUT2D eigenvalue weighted by atomic mass is 14.4. The van der Waals surface area contributed by atoms with Crippen molar-refractivity contribution in [2.24, 2.45) is 0 Å². The van der Waals surface area contributed by atoms with Crippen molar-refractivity contribution in [1.82, 2.24) is 0 Å². The zero-order valence-electron chi connectivity index (χ0n) is 27.7. The molecule has 0 aromatic heterocycles. The fourth-order valence-corrected chi connectivity index (χ4v) is 8.74. The Morgan fingerprint density at radius 1 is 0.306 bits per heavy atom. The van der Waals surface area contributed by atoms with E-state index in [1.807, 2.05) is 0 Å². The van der Waals surface area contributed by atoms with Crippen molar-refractivity contribution in [3.8, 4) is 44.5 Å². The quantitative estimate of drug-likeness (QED) is 0.172. The number of hydrogen-bond donors (Lipinski definition) is 0. The van der Waals surface area contributed by atoms with Crippen LogP contribution in [-0.4, -0.2) is 0 Å². The summed E-state index contributed by atoms with van der Waals surface area (Å²) in [6.45, 7) is 4.75. The van der Waals surface area contributed by atoms with Gasteiger partial charge in [-0.2, -0.15) is 0 Å².